The topological polar surface area (TPSA) is 147 Å². The zero-order valence-electron chi connectivity index (χ0n) is 11.0. The first kappa shape index (κ1) is 12.1. The third-order valence-corrected chi connectivity index (χ3v) is 2.79. The Bertz CT molecular complexity index is 820. The van der Waals surface area contributed by atoms with E-state index in [0.29, 0.717) is 11.3 Å². The second kappa shape index (κ2) is 4.02. The molecule has 6 N–H and O–H groups in total. The van der Waals surface area contributed by atoms with Gasteiger partial charge in [0.1, 0.15) is 0 Å². The maximum absolute atomic E-state index is 5.92. The molecular weight excluding hydrogens is 258 g/mol. The Kier molecular flexibility index (Phi) is 2.43. The van der Waals surface area contributed by atoms with Crippen LogP contribution >= 0.6 is 0 Å². The van der Waals surface area contributed by atoms with Gasteiger partial charge >= 0.3 is 0 Å². The van der Waals surface area contributed by atoms with E-state index < -0.39 is 0 Å². The minimum atomic E-state index is 0.0302. The normalized spacial score (nSPS) is 11.1. The number of nitrogens with zero attached hydrogens (tertiary/aromatic N) is 6. The molecule has 0 bridgehead atoms. The van der Waals surface area contributed by atoms with Crippen molar-refractivity contribution in [3.63, 3.8) is 0 Å². The monoisotopic (exact) mass is 271 g/mol. The van der Waals surface area contributed by atoms with Gasteiger partial charge in [0, 0.05) is 5.69 Å². The van der Waals surface area contributed by atoms with E-state index in [1.807, 2.05) is 19.9 Å². The summed E-state index contributed by atoms with van der Waals surface area (Å²) < 4.78 is 1.60. The number of hydrogen-bond donors (Lipinski definition) is 3. The van der Waals surface area contributed by atoms with Crippen LogP contribution in [-0.2, 0) is 0 Å². The summed E-state index contributed by atoms with van der Waals surface area (Å²) in [4.78, 5) is 16.4. The first-order valence-electron chi connectivity index (χ1n) is 5.85. The van der Waals surface area contributed by atoms with Crippen LogP contribution in [0.25, 0.3) is 17.0 Å². The van der Waals surface area contributed by atoms with E-state index in [2.05, 4.69) is 25.0 Å². The fourth-order valence-electron chi connectivity index (χ4n) is 1.99. The van der Waals surface area contributed by atoms with Gasteiger partial charge in [-0.2, -0.15) is 15.1 Å². The number of anilines is 3. The fraction of sp³-hybridized carbons (Fsp3) is 0.182. The third kappa shape index (κ3) is 1.76. The lowest BCUT2D eigenvalue weighted by molar-refractivity contribution is 0.808. The number of nitrogen functional groups attached to an aromatic ring is 3. The zero-order valence-corrected chi connectivity index (χ0v) is 11.0. The SMILES string of the molecule is Cc1cc(C)n(-c2nc3c(N)nc(N)nc3nc2N)n1. The molecule has 102 valence electrons. The fourth-order valence-corrected chi connectivity index (χ4v) is 1.99. The first-order chi connectivity index (χ1) is 9.45. The molecule has 0 aliphatic carbocycles. The van der Waals surface area contributed by atoms with E-state index in [1.165, 1.54) is 0 Å². The maximum atomic E-state index is 5.92. The Morgan fingerprint density at radius 3 is 2.35 bits per heavy atom. The Morgan fingerprint density at radius 1 is 0.950 bits per heavy atom. The van der Waals surface area contributed by atoms with E-state index in [9.17, 15) is 0 Å². The summed E-state index contributed by atoms with van der Waals surface area (Å²) in [5.41, 5.74) is 19.6. The van der Waals surface area contributed by atoms with Crippen LogP contribution < -0.4 is 17.2 Å². The third-order valence-electron chi connectivity index (χ3n) is 2.79. The molecule has 0 saturated carbocycles. The van der Waals surface area contributed by atoms with Crippen molar-refractivity contribution in [3.05, 3.63) is 17.5 Å². The number of nitrogens with two attached hydrogens (primary N) is 3. The van der Waals surface area contributed by atoms with Gasteiger partial charge in [-0.25, -0.2) is 14.6 Å². The van der Waals surface area contributed by atoms with E-state index in [4.69, 9.17) is 17.2 Å². The van der Waals surface area contributed by atoms with E-state index in [-0.39, 0.29) is 23.2 Å². The molecule has 20 heavy (non-hydrogen) atoms. The molecule has 0 unspecified atom stereocenters. The number of aryl methyl sites for hydroxylation is 2. The average molecular weight is 271 g/mol. The molecule has 3 aromatic rings. The molecule has 0 amide bonds. The summed E-state index contributed by atoms with van der Waals surface area (Å²) in [6.07, 6.45) is 0. The molecule has 3 aromatic heterocycles. The largest absolute Gasteiger partial charge is 0.382 e. The van der Waals surface area contributed by atoms with Crippen molar-refractivity contribution in [2.45, 2.75) is 13.8 Å². The van der Waals surface area contributed by atoms with Gasteiger partial charge in [-0.3, -0.25) is 0 Å². The van der Waals surface area contributed by atoms with Crippen molar-refractivity contribution < 1.29 is 0 Å². The highest BCUT2D eigenvalue weighted by atomic mass is 15.3. The second-order valence-corrected chi connectivity index (χ2v) is 4.41. The van der Waals surface area contributed by atoms with Crippen molar-refractivity contribution in [2.75, 3.05) is 17.2 Å². The summed E-state index contributed by atoms with van der Waals surface area (Å²) in [6.45, 7) is 3.78. The minimum absolute atomic E-state index is 0.0302. The zero-order chi connectivity index (χ0) is 14.4. The van der Waals surface area contributed by atoms with Gasteiger partial charge in [0.05, 0.1) is 5.69 Å². The summed E-state index contributed by atoms with van der Waals surface area (Å²) in [6, 6.07) is 1.91. The van der Waals surface area contributed by atoms with Gasteiger partial charge < -0.3 is 17.2 Å². The number of rotatable bonds is 1. The predicted molar refractivity (Wildman–Crippen MR) is 75.0 cm³/mol. The van der Waals surface area contributed by atoms with Crippen molar-refractivity contribution in [1.82, 2.24) is 29.7 Å². The number of hydrogen-bond acceptors (Lipinski definition) is 8. The van der Waals surface area contributed by atoms with Crippen LogP contribution in [0.5, 0.6) is 0 Å². The molecule has 3 heterocycles. The van der Waals surface area contributed by atoms with Crippen LogP contribution in [0.1, 0.15) is 11.4 Å². The highest BCUT2D eigenvalue weighted by Gasteiger charge is 2.15. The quantitative estimate of drug-likeness (QED) is 0.558. The van der Waals surface area contributed by atoms with Crippen LogP contribution in [0.4, 0.5) is 17.6 Å². The smallest absolute Gasteiger partial charge is 0.224 e. The average Bonchev–Trinajstić information content (AvgIpc) is 2.67. The summed E-state index contributed by atoms with van der Waals surface area (Å²) in [5.74, 6) is 0.773. The molecule has 9 heteroatoms. The highest BCUT2D eigenvalue weighted by molar-refractivity contribution is 5.84. The molecule has 0 radical (unpaired) electrons. The Labute approximate surface area is 113 Å². The lowest BCUT2D eigenvalue weighted by atomic mass is 10.4. The standard InChI is InChI=1S/C11H13N9/c1-4-3-5(2)20(19-4)10-8(13)16-9-6(15-10)7(12)17-11(14)18-9/h3H,1-2H3,(H6,12,13,14,16,17,18). The first-order valence-corrected chi connectivity index (χ1v) is 5.85. The van der Waals surface area contributed by atoms with Gasteiger partial charge in [-0.1, -0.05) is 0 Å². The Balaban J connectivity index is 2.32. The van der Waals surface area contributed by atoms with Crippen molar-refractivity contribution in [3.8, 4) is 5.82 Å². The molecule has 0 aromatic carbocycles. The lowest BCUT2D eigenvalue weighted by Gasteiger charge is -2.08. The van der Waals surface area contributed by atoms with Crippen LogP contribution in [0.15, 0.2) is 6.07 Å². The second-order valence-electron chi connectivity index (χ2n) is 4.41. The summed E-state index contributed by atoms with van der Waals surface area (Å²) >= 11 is 0. The molecule has 0 aliphatic rings. The molecule has 0 spiro atoms. The van der Waals surface area contributed by atoms with Crippen LogP contribution in [0, 0.1) is 13.8 Å². The van der Waals surface area contributed by atoms with Crippen molar-refractivity contribution >= 4 is 28.7 Å². The van der Waals surface area contributed by atoms with Gasteiger partial charge in [-0.05, 0) is 19.9 Å². The molecule has 0 atom stereocenters. The number of aromatic nitrogens is 6. The molecule has 0 fully saturated rings. The van der Waals surface area contributed by atoms with Gasteiger partial charge in [0.15, 0.2) is 28.6 Å². The molecule has 0 aliphatic heterocycles. The predicted octanol–water partition coefficient (Wildman–Crippen LogP) is -0.0311. The lowest BCUT2D eigenvalue weighted by Crippen LogP contribution is -2.11. The van der Waals surface area contributed by atoms with Gasteiger partial charge in [0.2, 0.25) is 5.95 Å². The van der Waals surface area contributed by atoms with Crippen LogP contribution in [0.2, 0.25) is 0 Å². The molecule has 9 nitrogen and oxygen atoms in total. The van der Waals surface area contributed by atoms with Crippen molar-refractivity contribution in [2.24, 2.45) is 0 Å². The molecule has 3 rings (SSSR count). The Morgan fingerprint density at radius 2 is 1.70 bits per heavy atom. The van der Waals surface area contributed by atoms with Crippen LogP contribution in [0.3, 0.4) is 0 Å². The Hall–Kier alpha value is -2.97. The molecule has 0 saturated heterocycles. The van der Waals surface area contributed by atoms with Crippen LogP contribution in [-0.4, -0.2) is 29.7 Å². The van der Waals surface area contributed by atoms with Crippen molar-refractivity contribution in [1.29, 1.82) is 0 Å². The number of fused-ring (bicyclic) bond motifs is 1. The van der Waals surface area contributed by atoms with E-state index in [0.717, 1.165) is 11.4 Å². The summed E-state index contributed by atoms with van der Waals surface area (Å²) in [7, 11) is 0. The highest BCUT2D eigenvalue weighted by Crippen LogP contribution is 2.21. The van der Waals surface area contributed by atoms with E-state index >= 15 is 0 Å². The van der Waals surface area contributed by atoms with E-state index in [1.54, 1.807) is 4.68 Å². The summed E-state index contributed by atoms with van der Waals surface area (Å²) in [5, 5.41) is 4.32. The van der Waals surface area contributed by atoms with Gasteiger partial charge in [0.25, 0.3) is 0 Å². The minimum Gasteiger partial charge on any atom is -0.382 e. The van der Waals surface area contributed by atoms with Gasteiger partial charge in [-0.15, -0.1) is 0 Å². The molecular formula is C11H13N9. The maximum Gasteiger partial charge on any atom is 0.224 e.